The van der Waals surface area contributed by atoms with Crippen LogP contribution in [-0.2, 0) is 7.05 Å². The first-order valence-electron chi connectivity index (χ1n) is 9.45. The molecule has 27 heavy (non-hydrogen) atoms. The number of aryl methyl sites for hydroxylation is 2. The van der Waals surface area contributed by atoms with Crippen LogP contribution in [0.1, 0.15) is 19.7 Å². The fraction of sp³-hybridized carbons (Fsp3) is 0.318. The average molecular weight is 364 g/mol. The molecule has 0 radical (unpaired) electrons. The van der Waals surface area contributed by atoms with Crippen molar-refractivity contribution in [2.75, 3.05) is 13.2 Å². The van der Waals surface area contributed by atoms with E-state index >= 15 is 0 Å². The Kier molecular flexibility index (Phi) is 7.99. The Morgan fingerprint density at radius 2 is 1.37 bits per heavy atom. The zero-order valence-electron chi connectivity index (χ0n) is 17.0. The summed E-state index contributed by atoms with van der Waals surface area (Å²) in [7, 11) is 1.97. The summed E-state index contributed by atoms with van der Waals surface area (Å²) in [6.45, 7) is 9.77. The highest BCUT2D eigenvalue weighted by Crippen LogP contribution is 2.13. The second kappa shape index (κ2) is 10.5. The molecule has 0 aliphatic carbocycles. The quantitative estimate of drug-likeness (QED) is 0.629. The normalized spacial score (nSPS) is 9.96. The van der Waals surface area contributed by atoms with Gasteiger partial charge in [0.05, 0.1) is 13.2 Å². The maximum atomic E-state index is 5.74. The first kappa shape index (κ1) is 20.6. The van der Waals surface area contributed by atoms with E-state index in [1.165, 1.54) is 10.9 Å². The Morgan fingerprint density at radius 1 is 0.889 bits per heavy atom. The van der Waals surface area contributed by atoms with E-state index in [0.29, 0.717) is 13.2 Å². The maximum Gasteiger partial charge on any atom is 0.215 e. The van der Waals surface area contributed by atoms with E-state index in [1.54, 1.807) is 6.20 Å². The van der Waals surface area contributed by atoms with Crippen molar-refractivity contribution >= 4 is 17.6 Å². The standard InChI is InChI=1S/C17H21BO2.C5H8N2/c1-4-19-16-12-8-6-10-14(16)18(3)15-11-7-9-13-17(15)20-5-2;1-5-6-3-4-7(5)2/h6-13H,4-5H2,1-3H3;3-4H,1-2H3. The number of imidazole rings is 1. The number of aromatic nitrogens is 2. The Morgan fingerprint density at radius 3 is 1.70 bits per heavy atom. The largest absolute Gasteiger partial charge is 0.494 e. The molecule has 5 heteroatoms. The number of hydrogen-bond donors (Lipinski definition) is 0. The van der Waals surface area contributed by atoms with Gasteiger partial charge < -0.3 is 14.0 Å². The smallest absolute Gasteiger partial charge is 0.215 e. The van der Waals surface area contributed by atoms with Crippen molar-refractivity contribution in [3.05, 3.63) is 66.7 Å². The summed E-state index contributed by atoms with van der Waals surface area (Å²) in [5, 5.41) is 0. The van der Waals surface area contributed by atoms with Gasteiger partial charge in [0, 0.05) is 19.4 Å². The van der Waals surface area contributed by atoms with Gasteiger partial charge in [0.15, 0.2) is 0 Å². The molecule has 0 amide bonds. The van der Waals surface area contributed by atoms with Crippen LogP contribution in [0.2, 0.25) is 6.82 Å². The molecule has 0 aliphatic heterocycles. The molecule has 0 saturated carbocycles. The second-order valence-electron chi connectivity index (χ2n) is 6.25. The van der Waals surface area contributed by atoms with E-state index < -0.39 is 0 Å². The van der Waals surface area contributed by atoms with Crippen molar-refractivity contribution in [2.24, 2.45) is 7.05 Å². The van der Waals surface area contributed by atoms with Gasteiger partial charge in [0.25, 0.3) is 0 Å². The van der Waals surface area contributed by atoms with Gasteiger partial charge in [-0.3, -0.25) is 0 Å². The van der Waals surface area contributed by atoms with Crippen LogP contribution >= 0.6 is 0 Å². The van der Waals surface area contributed by atoms with Crippen LogP contribution in [0.25, 0.3) is 0 Å². The molecule has 0 bridgehead atoms. The predicted molar refractivity (Wildman–Crippen MR) is 114 cm³/mol. The Bertz CT molecular complexity index is 766. The lowest BCUT2D eigenvalue weighted by atomic mass is 9.42. The van der Waals surface area contributed by atoms with Crippen molar-refractivity contribution in [2.45, 2.75) is 27.6 Å². The lowest BCUT2D eigenvalue weighted by Gasteiger charge is -2.17. The molecule has 1 aromatic heterocycles. The number of benzene rings is 2. The molecular formula is C22H29BN2O2. The molecule has 2 aromatic carbocycles. The van der Waals surface area contributed by atoms with E-state index in [1.807, 2.05) is 62.8 Å². The van der Waals surface area contributed by atoms with Crippen LogP contribution in [0.3, 0.4) is 0 Å². The Balaban J connectivity index is 0.000000313. The number of ether oxygens (including phenoxy) is 2. The first-order chi connectivity index (χ1) is 13.1. The lowest BCUT2D eigenvalue weighted by Crippen LogP contribution is -2.40. The molecule has 0 atom stereocenters. The van der Waals surface area contributed by atoms with E-state index in [-0.39, 0.29) is 6.71 Å². The van der Waals surface area contributed by atoms with E-state index in [0.717, 1.165) is 17.3 Å². The summed E-state index contributed by atoms with van der Waals surface area (Å²) in [5.41, 5.74) is 2.39. The van der Waals surface area contributed by atoms with Crippen molar-refractivity contribution in [1.82, 2.24) is 9.55 Å². The summed E-state index contributed by atoms with van der Waals surface area (Å²) in [4.78, 5) is 3.98. The molecule has 4 nitrogen and oxygen atoms in total. The molecule has 0 unspecified atom stereocenters. The van der Waals surface area contributed by atoms with E-state index in [9.17, 15) is 0 Å². The maximum absolute atomic E-state index is 5.74. The summed E-state index contributed by atoms with van der Waals surface area (Å²) >= 11 is 0. The molecule has 0 aliphatic rings. The Labute approximate surface area is 163 Å². The lowest BCUT2D eigenvalue weighted by molar-refractivity contribution is 0.342. The highest BCUT2D eigenvalue weighted by molar-refractivity contribution is 6.85. The van der Waals surface area contributed by atoms with E-state index in [2.05, 4.69) is 36.1 Å². The zero-order valence-corrected chi connectivity index (χ0v) is 17.0. The molecular weight excluding hydrogens is 335 g/mol. The van der Waals surface area contributed by atoms with Crippen LogP contribution in [0, 0.1) is 6.92 Å². The minimum atomic E-state index is 0.237. The van der Waals surface area contributed by atoms with Crippen LogP contribution in [0.5, 0.6) is 11.5 Å². The van der Waals surface area contributed by atoms with Gasteiger partial charge in [-0.2, -0.15) is 0 Å². The topological polar surface area (TPSA) is 36.3 Å². The highest BCUT2D eigenvalue weighted by Gasteiger charge is 2.20. The number of nitrogens with zero attached hydrogens (tertiary/aromatic N) is 2. The van der Waals surface area contributed by atoms with Gasteiger partial charge in [0.2, 0.25) is 6.71 Å². The number of para-hydroxylation sites is 2. The third-order valence-electron chi connectivity index (χ3n) is 4.43. The molecule has 0 saturated heterocycles. The fourth-order valence-corrected chi connectivity index (χ4v) is 2.86. The number of rotatable bonds is 6. The van der Waals surface area contributed by atoms with Crippen molar-refractivity contribution in [1.29, 1.82) is 0 Å². The summed E-state index contributed by atoms with van der Waals surface area (Å²) in [6.07, 6.45) is 3.71. The SMILES string of the molecule is CCOc1ccccc1B(C)c1ccccc1OCC.Cc1nccn1C. The van der Waals surface area contributed by atoms with Gasteiger partial charge in [-0.1, -0.05) is 43.2 Å². The fourth-order valence-electron chi connectivity index (χ4n) is 2.86. The van der Waals surface area contributed by atoms with Gasteiger partial charge in [0.1, 0.15) is 17.3 Å². The van der Waals surface area contributed by atoms with Crippen molar-refractivity contribution in [3.63, 3.8) is 0 Å². The summed E-state index contributed by atoms with van der Waals surface area (Å²) < 4.78 is 13.4. The van der Waals surface area contributed by atoms with Crippen molar-refractivity contribution in [3.8, 4) is 11.5 Å². The molecule has 3 rings (SSSR count). The van der Waals surface area contributed by atoms with Gasteiger partial charge in [-0.25, -0.2) is 4.98 Å². The van der Waals surface area contributed by atoms with Crippen LogP contribution in [-0.4, -0.2) is 29.5 Å². The molecule has 0 spiro atoms. The van der Waals surface area contributed by atoms with Crippen LogP contribution in [0.15, 0.2) is 60.9 Å². The monoisotopic (exact) mass is 364 g/mol. The van der Waals surface area contributed by atoms with Crippen molar-refractivity contribution < 1.29 is 9.47 Å². The average Bonchev–Trinajstić information content (AvgIpc) is 3.06. The molecule has 142 valence electrons. The third-order valence-corrected chi connectivity index (χ3v) is 4.43. The van der Waals surface area contributed by atoms with Crippen LogP contribution < -0.4 is 20.4 Å². The van der Waals surface area contributed by atoms with E-state index in [4.69, 9.17) is 9.47 Å². The third kappa shape index (κ3) is 5.65. The highest BCUT2D eigenvalue weighted by atomic mass is 16.5. The first-order valence-corrected chi connectivity index (χ1v) is 9.45. The van der Waals surface area contributed by atoms with Crippen LogP contribution in [0.4, 0.5) is 0 Å². The van der Waals surface area contributed by atoms with Gasteiger partial charge in [-0.15, -0.1) is 0 Å². The summed E-state index contributed by atoms with van der Waals surface area (Å²) in [5.74, 6) is 2.96. The van der Waals surface area contributed by atoms with Gasteiger partial charge >= 0.3 is 0 Å². The molecule has 1 heterocycles. The van der Waals surface area contributed by atoms with Gasteiger partial charge in [-0.05, 0) is 43.8 Å². The summed E-state index contributed by atoms with van der Waals surface area (Å²) in [6, 6.07) is 16.4. The Hall–Kier alpha value is -2.69. The second-order valence-corrected chi connectivity index (χ2v) is 6.25. The minimum Gasteiger partial charge on any atom is -0.494 e. The zero-order chi connectivity index (χ0) is 19.6. The predicted octanol–water partition coefficient (Wildman–Crippen LogP) is 3.45. The number of hydrogen-bond acceptors (Lipinski definition) is 3. The molecule has 0 N–H and O–H groups in total. The molecule has 3 aromatic rings. The molecule has 0 fully saturated rings. The minimum absolute atomic E-state index is 0.237.